The first-order valence-electron chi connectivity index (χ1n) is 8.87. The van der Waals surface area contributed by atoms with Gasteiger partial charge in [-0.05, 0) is 69.2 Å². The lowest BCUT2D eigenvalue weighted by molar-refractivity contribution is -0.123. The molecule has 0 radical (unpaired) electrons. The van der Waals surface area contributed by atoms with Crippen molar-refractivity contribution in [2.75, 3.05) is 6.61 Å². The van der Waals surface area contributed by atoms with Crippen LogP contribution < -0.4 is 15.6 Å². The summed E-state index contributed by atoms with van der Waals surface area (Å²) in [6.07, 6.45) is 0. The molecule has 1 aromatic heterocycles. The highest BCUT2D eigenvalue weighted by Crippen LogP contribution is 2.16. The van der Waals surface area contributed by atoms with Crippen LogP contribution >= 0.6 is 0 Å². The second-order valence-corrected chi connectivity index (χ2v) is 6.71. The van der Waals surface area contributed by atoms with E-state index in [0.29, 0.717) is 22.3 Å². The number of aromatic nitrogens is 2. The van der Waals surface area contributed by atoms with Crippen LogP contribution in [-0.4, -0.2) is 28.4 Å². The molecule has 3 rings (SSSR count). The first-order chi connectivity index (χ1) is 13.3. The molecule has 2 amide bonds. The van der Waals surface area contributed by atoms with Gasteiger partial charge in [0.05, 0.1) is 22.4 Å². The molecule has 0 aliphatic carbocycles. The number of carbonyl (C=O) groups is 2. The molecular weight excluding hydrogens is 356 g/mol. The van der Waals surface area contributed by atoms with Gasteiger partial charge < -0.3 is 4.74 Å². The van der Waals surface area contributed by atoms with Crippen molar-refractivity contribution in [2.45, 2.75) is 27.7 Å². The van der Waals surface area contributed by atoms with Gasteiger partial charge in [-0.3, -0.25) is 20.4 Å². The molecule has 0 atom stereocenters. The Bertz CT molecular complexity index is 1040. The van der Waals surface area contributed by atoms with E-state index in [1.807, 2.05) is 45.9 Å². The van der Waals surface area contributed by atoms with Gasteiger partial charge in [0.2, 0.25) is 0 Å². The molecule has 0 aliphatic rings. The Hall–Kier alpha value is -3.48. The molecule has 3 aromatic rings. The molecular formula is C21H22N4O3. The number of hydrazine groups is 1. The monoisotopic (exact) mass is 378 g/mol. The van der Waals surface area contributed by atoms with Crippen LogP contribution in [0.3, 0.4) is 0 Å². The number of aryl methyl sites for hydroxylation is 4. The van der Waals surface area contributed by atoms with Gasteiger partial charge in [0.15, 0.2) is 6.61 Å². The quantitative estimate of drug-likeness (QED) is 0.681. The van der Waals surface area contributed by atoms with Crippen LogP contribution in [0.5, 0.6) is 5.75 Å². The molecule has 28 heavy (non-hydrogen) atoms. The summed E-state index contributed by atoms with van der Waals surface area (Å²) in [4.78, 5) is 33.1. The van der Waals surface area contributed by atoms with Crippen LogP contribution in [0.4, 0.5) is 0 Å². The number of benzene rings is 2. The molecule has 0 bridgehead atoms. The fourth-order valence-corrected chi connectivity index (χ4v) is 2.77. The zero-order valence-corrected chi connectivity index (χ0v) is 16.3. The maximum Gasteiger partial charge on any atom is 0.276 e. The van der Waals surface area contributed by atoms with Gasteiger partial charge in [0.25, 0.3) is 11.8 Å². The predicted molar refractivity (Wildman–Crippen MR) is 106 cm³/mol. The van der Waals surface area contributed by atoms with Gasteiger partial charge in [-0.25, -0.2) is 9.97 Å². The van der Waals surface area contributed by atoms with Gasteiger partial charge in [-0.1, -0.05) is 6.07 Å². The van der Waals surface area contributed by atoms with Crippen molar-refractivity contribution in [1.29, 1.82) is 0 Å². The summed E-state index contributed by atoms with van der Waals surface area (Å²) in [5, 5.41) is 0. The summed E-state index contributed by atoms with van der Waals surface area (Å²) in [6, 6.07) is 10.7. The normalized spacial score (nSPS) is 10.6. The van der Waals surface area contributed by atoms with E-state index in [0.717, 1.165) is 22.5 Å². The van der Waals surface area contributed by atoms with Crippen LogP contribution in [0.1, 0.15) is 32.9 Å². The van der Waals surface area contributed by atoms with Crippen LogP contribution in [0.25, 0.3) is 11.0 Å². The fraction of sp³-hybridized carbons (Fsp3) is 0.238. The summed E-state index contributed by atoms with van der Waals surface area (Å²) in [5.41, 5.74) is 10.2. The zero-order valence-electron chi connectivity index (χ0n) is 16.3. The van der Waals surface area contributed by atoms with E-state index in [-0.39, 0.29) is 6.61 Å². The van der Waals surface area contributed by atoms with E-state index in [2.05, 4.69) is 20.8 Å². The van der Waals surface area contributed by atoms with E-state index in [1.165, 1.54) is 0 Å². The Kier molecular flexibility index (Phi) is 5.54. The number of fused-ring (bicyclic) bond motifs is 1. The molecule has 2 N–H and O–H groups in total. The second kappa shape index (κ2) is 8.04. The lowest BCUT2D eigenvalue weighted by Gasteiger charge is -2.10. The third kappa shape index (κ3) is 4.62. The standard InChI is InChI=1S/C21H22N4O3/c1-12-7-13(2)9-17(8-12)28-11-20(26)24-25-21(27)16-5-6-18-19(10-16)23-15(4)14(3)22-18/h5-10H,11H2,1-4H3,(H,24,26)(H,25,27). The van der Waals surface area contributed by atoms with Crippen molar-refractivity contribution in [3.05, 3.63) is 64.5 Å². The van der Waals surface area contributed by atoms with E-state index in [4.69, 9.17) is 4.74 Å². The predicted octanol–water partition coefficient (Wildman–Crippen LogP) is 2.70. The van der Waals surface area contributed by atoms with Gasteiger partial charge in [0.1, 0.15) is 5.75 Å². The van der Waals surface area contributed by atoms with Crippen LogP contribution in [0.2, 0.25) is 0 Å². The number of ether oxygens (including phenoxy) is 1. The van der Waals surface area contributed by atoms with Crippen molar-refractivity contribution < 1.29 is 14.3 Å². The maximum atomic E-state index is 12.3. The average molecular weight is 378 g/mol. The van der Waals surface area contributed by atoms with E-state index in [9.17, 15) is 9.59 Å². The van der Waals surface area contributed by atoms with Crippen molar-refractivity contribution in [1.82, 2.24) is 20.8 Å². The molecule has 0 unspecified atom stereocenters. The molecule has 1 heterocycles. The van der Waals surface area contributed by atoms with Crippen LogP contribution in [-0.2, 0) is 4.79 Å². The highest BCUT2D eigenvalue weighted by atomic mass is 16.5. The van der Waals surface area contributed by atoms with Gasteiger partial charge in [-0.15, -0.1) is 0 Å². The number of nitrogens with zero attached hydrogens (tertiary/aromatic N) is 2. The largest absolute Gasteiger partial charge is 0.484 e. The van der Waals surface area contributed by atoms with Crippen LogP contribution in [0.15, 0.2) is 36.4 Å². The summed E-state index contributed by atoms with van der Waals surface area (Å²) in [6.45, 7) is 7.46. The smallest absolute Gasteiger partial charge is 0.276 e. The lowest BCUT2D eigenvalue weighted by atomic mass is 10.1. The van der Waals surface area contributed by atoms with Gasteiger partial charge >= 0.3 is 0 Å². The first kappa shape index (κ1) is 19.3. The molecule has 0 spiro atoms. The minimum atomic E-state index is -0.459. The summed E-state index contributed by atoms with van der Waals surface area (Å²) >= 11 is 0. The third-order valence-corrected chi connectivity index (χ3v) is 4.22. The number of nitrogens with one attached hydrogen (secondary N) is 2. The Morgan fingerprint density at radius 1 is 0.857 bits per heavy atom. The highest BCUT2D eigenvalue weighted by Gasteiger charge is 2.10. The molecule has 144 valence electrons. The van der Waals surface area contributed by atoms with Crippen molar-refractivity contribution in [2.24, 2.45) is 0 Å². The number of hydrogen-bond acceptors (Lipinski definition) is 5. The zero-order chi connectivity index (χ0) is 20.3. The molecule has 0 saturated carbocycles. The Morgan fingerprint density at radius 3 is 2.18 bits per heavy atom. The summed E-state index contributed by atoms with van der Waals surface area (Å²) in [5.74, 6) is -0.293. The SMILES string of the molecule is Cc1cc(C)cc(OCC(=O)NNC(=O)c2ccc3nc(C)c(C)nc3c2)c1. The van der Waals surface area contributed by atoms with Gasteiger partial charge in [0, 0.05) is 5.56 Å². The number of carbonyl (C=O) groups excluding carboxylic acids is 2. The van der Waals surface area contributed by atoms with Crippen LogP contribution in [0, 0.1) is 27.7 Å². The number of hydrogen-bond donors (Lipinski definition) is 2. The average Bonchev–Trinajstić information content (AvgIpc) is 2.64. The molecule has 2 aromatic carbocycles. The maximum absolute atomic E-state index is 12.3. The number of rotatable bonds is 4. The molecule has 0 fully saturated rings. The van der Waals surface area contributed by atoms with E-state index in [1.54, 1.807) is 18.2 Å². The van der Waals surface area contributed by atoms with Crippen molar-refractivity contribution in [3.8, 4) is 5.75 Å². The molecule has 7 nitrogen and oxygen atoms in total. The second-order valence-electron chi connectivity index (χ2n) is 6.71. The summed E-state index contributed by atoms with van der Waals surface area (Å²) in [7, 11) is 0. The molecule has 0 saturated heterocycles. The highest BCUT2D eigenvalue weighted by molar-refractivity contribution is 5.98. The van der Waals surface area contributed by atoms with E-state index >= 15 is 0 Å². The van der Waals surface area contributed by atoms with Gasteiger partial charge in [-0.2, -0.15) is 0 Å². The molecule has 7 heteroatoms. The Labute approximate surface area is 163 Å². The Balaban J connectivity index is 1.58. The third-order valence-electron chi connectivity index (χ3n) is 4.22. The van der Waals surface area contributed by atoms with Crippen molar-refractivity contribution in [3.63, 3.8) is 0 Å². The summed E-state index contributed by atoms with van der Waals surface area (Å²) < 4.78 is 5.47. The minimum absolute atomic E-state index is 0.204. The fourth-order valence-electron chi connectivity index (χ4n) is 2.77. The minimum Gasteiger partial charge on any atom is -0.484 e. The topological polar surface area (TPSA) is 93.2 Å². The van der Waals surface area contributed by atoms with Crippen molar-refractivity contribution >= 4 is 22.8 Å². The number of amides is 2. The lowest BCUT2D eigenvalue weighted by Crippen LogP contribution is -2.43. The first-order valence-corrected chi connectivity index (χ1v) is 8.87. The van der Waals surface area contributed by atoms with E-state index < -0.39 is 11.8 Å². The Morgan fingerprint density at radius 2 is 1.50 bits per heavy atom. The molecule has 0 aliphatic heterocycles.